The van der Waals surface area contributed by atoms with Gasteiger partial charge in [-0.25, -0.2) is 9.97 Å². The Balaban J connectivity index is 2.06. The van der Waals surface area contributed by atoms with E-state index in [0.29, 0.717) is 5.92 Å². The van der Waals surface area contributed by atoms with Gasteiger partial charge in [0.15, 0.2) is 5.65 Å². The summed E-state index contributed by atoms with van der Waals surface area (Å²) < 4.78 is 2.20. The first-order chi connectivity index (χ1) is 10.1. The summed E-state index contributed by atoms with van der Waals surface area (Å²) >= 11 is 6.09. The standard InChI is InChI=1S/C17H18ClN3/c1-12(2)9-16-20-15-7-4-8-19-17(15)21(16)11-13-5-3-6-14(18)10-13/h3-8,10,12H,9,11H2,1-2H3. The van der Waals surface area contributed by atoms with E-state index in [1.54, 1.807) is 0 Å². The molecule has 21 heavy (non-hydrogen) atoms. The molecule has 0 atom stereocenters. The third kappa shape index (κ3) is 3.08. The Hall–Kier alpha value is -1.87. The highest BCUT2D eigenvalue weighted by Gasteiger charge is 2.13. The molecule has 3 nitrogen and oxygen atoms in total. The van der Waals surface area contributed by atoms with E-state index >= 15 is 0 Å². The van der Waals surface area contributed by atoms with Gasteiger partial charge in [0.05, 0.1) is 6.54 Å². The third-order valence-electron chi connectivity index (χ3n) is 3.40. The molecule has 0 spiro atoms. The van der Waals surface area contributed by atoms with Crippen LogP contribution in [0.2, 0.25) is 5.02 Å². The minimum atomic E-state index is 0.555. The molecule has 0 amide bonds. The summed E-state index contributed by atoms with van der Waals surface area (Å²) in [7, 11) is 0. The van der Waals surface area contributed by atoms with Gasteiger partial charge in [-0.05, 0) is 35.7 Å². The maximum Gasteiger partial charge on any atom is 0.160 e. The van der Waals surface area contributed by atoms with Crippen molar-refractivity contribution >= 4 is 22.8 Å². The van der Waals surface area contributed by atoms with Crippen LogP contribution < -0.4 is 0 Å². The van der Waals surface area contributed by atoms with Crippen LogP contribution in [0.4, 0.5) is 0 Å². The van der Waals surface area contributed by atoms with E-state index in [4.69, 9.17) is 16.6 Å². The summed E-state index contributed by atoms with van der Waals surface area (Å²) in [5.41, 5.74) is 3.06. The zero-order chi connectivity index (χ0) is 14.8. The van der Waals surface area contributed by atoms with Crippen molar-refractivity contribution in [1.82, 2.24) is 14.5 Å². The molecule has 0 bridgehead atoms. The van der Waals surface area contributed by atoms with E-state index in [-0.39, 0.29) is 0 Å². The van der Waals surface area contributed by atoms with E-state index in [1.165, 1.54) is 0 Å². The predicted octanol–water partition coefficient (Wildman–Crippen LogP) is 4.33. The van der Waals surface area contributed by atoms with Crippen molar-refractivity contribution in [3.05, 3.63) is 59.0 Å². The number of rotatable bonds is 4. The Morgan fingerprint density at radius 2 is 2.05 bits per heavy atom. The fourth-order valence-electron chi connectivity index (χ4n) is 2.51. The van der Waals surface area contributed by atoms with Crippen molar-refractivity contribution in [2.75, 3.05) is 0 Å². The number of hydrogen-bond donors (Lipinski definition) is 0. The molecule has 0 aliphatic heterocycles. The van der Waals surface area contributed by atoms with Crippen LogP contribution in [0.15, 0.2) is 42.6 Å². The molecule has 0 aliphatic rings. The second-order valence-electron chi connectivity index (χ2n) is 5.69. The highest BCUT2D eigenvalue weighted by atomic mass is 35.5. The highest BCUT2D eigenvalue weighted by molar-refractivity contribution is 6.30. The quantitative estimate of drug-likeness (QED) is 0.718. The molecular formula is C17H18ClN3. The molecule has 0 fully saturated rings. The van der Waals surface area contributed by atoms with Crippen LogP contribution in [-0.4, -0.2) is 14.5 Å². The molecule has 4 heteroatoms. The molecule has 0 radical (unpaired) electrons. The van der Waals surface area contributed by atoms with Gasteiger partial charge in [0.2, 0.25) is 0 Å². The average molecular weight is 300 g/mol. The van der Waals surface area contributed by atoms with Crippen molar-refractivity contribution < 1.29 is 0 Å². The summed E-state index contributed by atoms with van der Waals surface area (Å²) in [5.74, 6) is 1.64. The average Bonchev–Trinajstić information content (AvgIpc) is 2.76. The first-order valence-electron chi connectivity index (χ1n) is 7.18. The fraction of sp³-hybridized carbons (Fsp3) is 0.294. The molecule has 1 aromatic carbocycles. The zero-order valence-corrected chi connectivity index (χ0v) is 13.0. The summed E-state index contributed by atoms with van der Waals surface area (Å²) in [6.45, 7) is 5.16. The van der Waals surface area contributed by atoms with E-state index in [9.17, 15) is 0 Å². The lowest BCUT2D eigenvalue weighted by Crippen LogP contribution is -2.08. The summed E-state index contributed by atoms with van der Waals surface area (Å²) in [6, 6.07) is 11.9. The van der Waals surface area contributed by atoms with E-state index in [0.717, 1.165) is 40.5 Å². The van der Waals surface area contributed by atoms with Crippen LogP contribution >= 0.6 is 11.6 Å². The van der Waals surface area contributed by atoms with Gasteiger partial charge in [0.1, 0.15) is 11.3 Å². The van der Waals surface area contributed by atoms with Crippen molar-refractivity contribution in [2.45, 2.75) is 26.8 Å². The predicted molar refractivity (Wildman–Crippen MR) is 86.6 cm³/mol. The van der Waals surface area contributed by atoms with E-state index in [2.05, 4.69) is 29.5 Å². The van der Waals surface area contributed by atoms with Gasteiger partial charge in [-0.1, -0.05) is 37.6 Å². The number of fused-ring (bicyclic) bond motifs is 1. The summed E-state index contributed by atoms with van der Waals surface area (Å²) in [5, 5.41) is 0.760. The Kier molecular flexibility index (Phi) is 3.93. The third-order valence-corrected chi connectivity index (χ3v) is 3.64. The minimum absolute atomic E-state index is 0.555. The number of imidazole rings is 1. The highest BCUT2D eigenvalue weighted by Crippen LogP contribution is 2.19. The number of benzene rings is 1. The van der Waals surface area contributed by atoms with Crippen LogP contribution in [-0.2, 0) is 13.0 Å². The number of halogens is 1. The first kappa shape index (κ1) is 14.1. The van der Waals surface area contributed by atoms with Crippen molar-refractivity contribution in [3.8, 4) is 0 Å². The summed E-state index contributed by atoms with van der Waals surface area (Å²) in [6.07, 6.45) is 2.76. The Bertz CT molecular complexity index is 762. The smallest absolute Gasteiger partial charge is 0.160 e. The van der Waals surface area contributed by atoms with Crippen LogP contribution in [0.25, 0.3) is 11.2 Å². The molecule has 108 valence electrons. The van der Waals surface area contributed by atoms with Crippen molar-refractivity contribution in [2.24, 2.45) is 5.92 Å². The second-order valence-corrected chi connectivity index (χ2v) is 6.12. The topological polar surface area (TPSA) is 30.7 Å². The number of pyridine rings is 1. The van der Waals surface area contributed by atoms with Gasteiger partial charge in [0.25, 0.3) is 0 Å². The van der Waals surface area contributed by atoms with Gasteiger partial charge in [-0.15, -0.1) is 0 Å². The van der Waals surface area contributed by atoms with Gasteiger partial charge in [-0.3, -0.25) is 0 Å². The molecule has 0 aliphatic carbocycles. The molecule has 0 saturated heterocycles. The van der Waals surface area contributed by atoms with E-state index < -0.39 is 0 Å². The lowest BCUT2D eigenvalue weighted by atomic mass is 10.1. The van der Waals surface area contributed by atoms with Gasteiger partial charge in [0, 0.05) is 17.6 Å². The molecule has 3 rings (SSSR count). The Morgan fingerprint density at radius 1 is 1.19 bits per heavy atom. The van der Waals surface area contributed by atoms with Crippen LogP contribution in [0.3, 0.4) is 0 Å². The number of nitrogens with zero attached hydrogens (tertiary/aromatic N) is 3. The fourth-order valence-corrected chi connectivity index (χ4v) is 2.72. The lowest BCUT2D eigenvalue weighted by molar-refractivity contribution is 0.594. The largest absolute Gasteiger partial charge is 0.308 e. The lowest BCUT2D eigenvalue weighted by Gasteiger charge is -2.10. The van der Waals surface area contributed by atoms with Gasteiger partial charge >= 0.3 is 0 Å². The number of aromatic nitrogens is 3. The van der Waals surface area contributed by atoms with Gasteiger partial charge < -0.3 is 4.57 Å². The molecule has 0 unspecified atom stereocenters. The normalized spacial score (nSPS) is 11.4. The summed E-state index contributed by atoms with van der Waals surface area (Å²) in [4.78, 5) is 9.23. The zero-order valence-electron chi connectivity index (χ0n) is 12.3. The molecule has 2 heterocycles. The Morgan fingerprint density at radius 3 is 2.81 bits per heavy atom. The van der Waals surface area contributed by atoms with E-state index in [1.807, 2.05) is 36.5 Å². The van der Waals surface area contributed by atoms with Crippen LogP contribution in [0.1, 0.15) is 25.2 Å². The SMILES string of the molecule is CC(C)Cc1nc2cccnc2n1Cc1cccc(Cl)c1. The minimum Gasteiger partial charge on any atom is -0.308 e. The maximum atomic E-state index is 6.09. The number of hydrogen-bond acceptors (Lipinski definition) is 2. The molecule has 0 saturated carbocycles. The molecule has 2 aromatic heterocycles. The second kappa shape index (κ2) is 5.86. The maximum absolute atomic E-state index is 6.09. The van der Waals surface area contributed by atoms with Crippen molar-refractivity contribution in [1.29, 1.82) is 0 Å². The monoisotopic (exact) mass is 299 g/mol. The van der Waals surface area contributed by atoms with Gasteiger partial charge in [-0.2, -0.15) is 0 Å². The Labute approximate surface area is 129 Å². The molecule has 3 aromatic rings. The first-order valence-corrected chi connectivity index (χ1v) is 7.56. The van der Waals surface area contributed by atoms with Crippen molar-refractivity contribution in [3.63, 3.8) is 0 Å². The van der Waals surface area contributed by atoms with Crippen LogP contribution in [0.5, 0.6) is 0 Å². The molecule has 0 N–H and O–H groups in total. The molecular weight excluding hydrogens is 282 g/mol. The van der Waals surface area contributed by atoms with Crippen LogP contribution in [0, 0.1) is 5.92 Å².